The third-order valence-corrected chi connectivity index (χ3v) is 4.40. The van der Waals surface area contributed by atoms with Crippen LogP contribution in [0.15, 0.2) is 42.5 Å². The van der Waals surface area contributed by atoms with Crippen LogP contribution in [0.3, 0.4) is 0 Å². The van der Waals surface area contributed by atoms with Crippen molar-refractivity contribution in [2.24, 2.45) is 0 Å². The van der Waals surface area contributed by atoms with Crippen molar-refractivity contribution in [2.45, 2.75) is 26.8 Å². The Kier molecular flexibility index (Phi) is 4.49. The number of halogens is 1. The van der Waals surface area contributed by atoms with Crippen LogP contribution in [0.25, 0.3) is 11.0 Å². The van der Waals surface area contributed by atoms with Crippen LogP contribution in [0.2, 0.25) is 5.02 Å². The SMILES string of the molecule is Cc1nc2ccc(C(=O)NC(C)c3ccccc3Cl)cc2nc1C. The Morgan fingerprint density at radius 1 is 1.04 bits per heavy atom. The molecule has 1 atom stereocenters. The van der Waals surface area contributed by atoms with Gasteiger partial charge in [0.05, 0.1) is 28.5 Å². The molecule has 0 aliphatic heterocycles. The molecular formula is C19H18ClN3O. The van der Waals surface area contributed by atoms with Crippen molar-refractivity contribution in [3.05, 3.63) is 70.0 Å². The number of carbonyl (C=O) groups excluding carboxylic acids is 1. The van der Waals surface area contributed by atoms with Crippen LogP contribution in [0, 0.1) is 13.8 Å². The summed E-state index contributed by atoms with van der Waals surface area (Å²) < 4.78 is 0. The standard InChI is InChI=1S/C19H18ClN3O/c1-11-12(2)22-18-10-14(8-9-17(18)21-11)19(24)23-13(3)15-6-4-5-7-16(15)20/h4-10,13H,1-3H3,(H,23,24). The van der Waals surface area contributed by atoms with Crippen LogP contribution in [-0.2, 0) is 0 Å². The van der Waals surface area contributed by atoms with Gasteiger partial charge in [-0.05, 0) is 50.6 Å². The summed E-state index contributed by atoms with van der Waals surface area (Å²) in [5, 5.41) is 3.61. The van der Waals surface area contributed by atoms with E-state index in [1.807, 2.05) is 51.1 Å². The summed E-state index contributed by atoms with van der Waals surface area (Å²) in [5.41, 5.74) is 4.71. The number of aromatic nitrogens is 2. The van der Waals surface area contributed by atoms with E-state index < -0.39 is 0 Å². The minimum atomic E-state index is -0.187. The molecule has 4 nitrogen and oxygen atoms in total. The fourth-order valence-electron chi connectivity index (χ4n) is 2.56. The molecule has 1 amide bonds. The molecule has 2 aromatic carbocycles. The first-order valence-corrected chi connectivity index (χ1v) is 8.14. The van der Waals surface area contributed by atoms with Gasteiger partial charge < -0.3 is 5.32 Å². The van der Waals surface area contributed by atoms with Gasteiger partial charge in [-0.2, -0.15) is 0 Å². The highest BCUT2D eigenvalue weighted by molar-refractivity contribution is 6.31. The van der Waals surface area contributed by atoms with Crippen LogP contribution in [0.5, 0.6) is 0 Å². The number of hydrogen-bond acceptors (Lipinski definition) is 3. The highest BCUT2D eigenvalue weighted by Crippen LogP contribution is 2.23. The van der Waals surface area contributed by atoms with E-state index in [4.69, 9.17) is 11.6 Å². The van der Waals surface area contributed by atoms with Crippen molar-refractivity contribution in [1.82, 2.24) is 15.3 Å². The largest absolute Gasteiger partial charge is 0.345 e. The van der Waals surface area contributed by atoms with Crippen LogP contribution < -0.4 is 5.32 Å². The second-order valence-electron chi connectivity index (χ2n) is 5.81. The minimum Gasteiger partial charge on any atom is -0.345 e. The van der Waals surface area contributed by atoms with Crippen molar-refractivity contribution >= 4 is 28.5 Å². The molecule has 0 radical (unpaired) electrons. The van der Waals surface area contributed by atoms with Crippen molar-refractivity contribution in [3.8, 4) is 0 Å². The first kappa shape index (κ1) is 16.4. The van der Waals surface area contributed by atoms with E-state index in [1.165, 1.54) is 0 Å². The number of amides is 1. The molecule has 3 rings (SSSR count). The summed E-state index contributed by atoms with van der Waals surface area (Å²) in [6, 6.07) is 12.7. The first-order valence-electron chi connectivity index (χ1n) is 7.76. The number of nitrogens with zero attached hydrogens (tertiary/aromatic N) is 2. The van der Waals surface area contributed by atoms with Gasteiger partial charge in [-0.1, -0.05) is 29.8 Å². The zero-order chi connectivity index (χ0) is 17.3. The topological polar surface area (TPSA) is 54.9 Å². The van der Waals surface area contributed by atoms with Gasteiger partial charge >= 0.3 is 0 Å². The highest BCUT2D eigenvalue weighted by Gasteiger charge is 2.14. The maximum atomic E-state index is 12.5. The average molecular weight is 340 g/mol. The van der Waals surface area contributed by atoms with Crippen LogP contribution in [0.1, 0.15) is 40.3 Å². The van der Waals surface area contributed by atoms with Gasteiger partial charge in [0.2, 0.25) is 0 Å². The molecule has 1 unspecified atom stereocenters. The maximum Gasteiger partial charge on any atom is 0.251 e. The lowest BCUT2D eigenvalue weighted by molar-refractivity contribution is 0.0940. The number of nitrogens with one attached hydrogen (secondary N) is 1. The van der Waals surface area contributed by atoms with Gasteiger partial charge in [0.25, 0.3) is 5.91 Å². The van der Waals surface area contributed by atoms with Crippen molar-refractivity contribution < 1.29 is 4.79 Å². The third kappa shape index (κ3) is 3.24. The number of aryl methyl sites for hydroxylation is 2. The smallest absolute Gasteiger partial charge is 0.251 e. The molecule has 0 fully saturated rings. The zero-order valence-electron chi connectivity index (χ0n) is 13.8. The van der Waals surface area contributed by atoms with Gasteiger partial charge in [0.1, 0.15) is 0 Å². The molecule has 0 aliphatic carbocycles. The van der Waals surface area contributed by atoms with Gasteiger partial charge in [0.15, 0.2) is 0 Å². The Bertz CT molecular complexity index is 924. The van der Waals surface area contributed by atoms with Crippen molar-refractivity contribution in [3.63, 3.8) is 0 Å². The Labute approximate surface area is 145 Å². The molecule has 24 heavy (non-hydrogen) atoms. The molecule has 0 saturated carbocycles. The average Bonchev–Trinajstić information content (AvgIpc) is 2.55. The van der Waals surface area contributed by atoms with E-state index in [0.717, 1.165) is 28.0 Å². The molecule has 0 bridgehead atoms. The highest BCUT2D eigenvalue weighted by atomic mass is 35.5. The lowest BCUT2D eigenvalue weighted by atomic mass is 10.1. The number of fused-ring (bicyclic) bond motifs is 1. The number of benzene rings is 2. The fourth-order valence-corrected chi connectivity index (χ4v) is 2.86. The zero-order valence-corrected chi connectivity index (χ0v) is 14.6. The molecule has 0 spiro atoms. The Morgan fingerprint density at radius 3 is 2.42 bits per heavy atom. The van der Waals surface area contributed by atoms with E-state index in [9.17, 15) is 4.79 Å². The summed E-state index contributed by atoms with van der Waals surface area (Å²) in [6.07, 6.45) is 0. The molecule has 122 valence electrons. The van der Waals surface area contributed by atoms with Gasteiger partial charge in [-0.15, -0.1) is 0 Å². The van der Waals surface area contributed by atoms with E-state index in [2.05, 4.69) is 15.3 Å². The first-order chi connectivity index (χ1) is 11.5. The molecule has 0 aliphatic rings. The van der Waals surface area contributed by atoms with E-state index in [-0.39, 0.29) is 11.9 Å². The van der Waals surface area contributed by atoms with Gasteiger partial charge in [-0.3, -0.25) is 4.79 Å². The summed E-state index contributed by atoms with van der Waals surface area (Å²) >= 11 is 6.19. The normalized spacial score (nSPS) is 12.2. The second-order valence-corrected chi connectivity index (χ2v) is 6.22. The molecular weight excluding hydrogens is 322 g/mol. The van der Waals surface area contributed by atoms with Gasteiger partial charge in [-0.25, -0.2) is 9.97 Å². The molecule has 1 N–H and O–H groups in total. The van der Waals surface area contributed by atoms with Crippen LogP contribution in [-0.4, -0.2) is 15.9 Å². The molecule has 1 heterocycles. The minimum absolute atomic E-state index is 0.163. The number of carbonyl (C=O) groups is 1. The Balaban J connectivity index is 1.86. The predicted octanol–water partition coefficient (Wildman–Crippen LogP) is 4.39. The molecule has 0 saturated heterocycles. The summed E-state index contributed by atoms with van der Waals surface area (Å²) in [6.45, 7) is 5.75. The van der Waals surface area contributed by atoms with Crippen LogP contribution in [0.4, 0.5) is 0 Å². The quantitative estimate of drug-likeness (QED) is 0.769. The Hall–Kier alpha value is -2.46. The lowest BCUT2D eigenvalue weighted by Gasteiger charge is -2.16. The monoisotopic (exact) mass is 339 g/mol. The summed E-state index contributed by atoms with van der Waals surface area (Å²) in [5.74, 6) is -0.163. The number of rotatable bonds is 3. The third-order valence-electron chi connectivity index (χ3n) is 4.06. The number of hydrogen-bond donors (Lipinski definition) is 1. The predicted molar refractivity (Wildman–Crippen MR) is 96.3 cm³/mol. The maximum absolute atomic E-state index is 12.5. The molecule has 1 aromatic heterocycles. The lowest BCUT2D eigenvalue weighted by Crippen LogP contribution is -2.26. The Morgan fingerprint density at radius 2 is 1.71 bits per heavy atom. The van der Waals surface area contributed by atoms with Gasteiger partial charge in [0, 0.05) is 10.6 Å². The van der Waals surface area contributed by atoms with E-state index >= 15 is 0 Å². The fraction of sp³-hybridized carbons (Fsp3) is 0.211. The van der Waals surface area contributed by atoms with Crippen LogP contribution >= 0.6 is 11.6 Å². The van der Waals surface area contributed by atoms with E-state index in [1.54, 1.807) is 12.1 Å². The van der Waals surface area contributed by atoms with Crippen molar-refractivity contribution in [1.29, 1.82) is 0 Å². The summed E-state index contributed by atoms with van der Waals surface area (Å²) in [7, 11) is 0. The van der Waals surface area contributed by atoms with Crippen molar-refractivity contribution in [2.75, 3.05) is 0 Å². The second kappa shape index (κ2) is 6.57. The molecule has 3 aromatic rings. The summed E-state index contributed by atoms with van der Waals surface area (Å²) in [4.78, 5) is 21.5. The molecule has 5 heteroatoms. The van der Waals surface area contributed by atoms with E-state index in [0.29, 0.717) is 10.6 Å².